The predicted octanol–water partition coefficient (Wildman–Crippen LogP) is 3.63. The Kier molecular flexibility index (Phi) is 5.31. The third-order valence-electron chi connectivity index (χ3n) is 2.54. The summed E-state index contributed by atoms with van der Waals surface area (Å²) in [5.74, 6) is -0.812. The van der Waals surface area contributed by atoms with Gasteiger partial charge in [-0.2, -0.15) is 0 Å². The number of benzene rings is 1. The Bertz CT molecular complexity index is 740. The number of halogens is 2. The minimum absolute atomic E-state index is 0.00914. The molecule has 1 aromatic carbocycles. The molecule has 1 aromatic heterocycles. The van der Waals surface area contributed by atoms with E-state index in [0.29, 0.717) is 11.4 Å². The molecule has 0 bridgehead atoms. The van der Waals surface area contributed by atoms with Crippen LogP contribution in [-0.4, -0.2) is 11.8 Å². The predicted molar refractivity (Wildman–Crippen MR) is 89.8 cm³/mol. The summed E-state index contributed by atoms with van der Waals surface area (Å²) in [5.41, 5.74) is 0.378. The zero-order valence-electron chi connectivity index (χ0n) is 11.5. The average molecular weight is 414 g/mol. The summed E-state index contributed by atoms with van der Waals surface area (Å²) in [4.78, 5) is 22.8. The Morgan fingerprint density at radius 1 is 1.23 bits per heavy atom. The van der Waals surface area contributed by atoms with Crippen molar-refractivity contribution >= 4 is 51.9 Å². The van der Waals surface area contributed by atoms with Crippen molar-refractivity contribution in [3.05, 3.63) is 51.8 Å². The normalized spacial score (nSPS) is 10.7. The summed E-state index contributed by atoms with van der Waals surface area (Å²) >= 11 is 2.02. The number of furan rings is 1. The van der Waals surface area contributed by atoms with Crippen LogP contribution in [0.25, 0.3) is 6.08 Å². The molecule has 2 N–H and O–H groups in total. The molecule has 0 aliphatic heterocycles. The highest BCUT2D eigenvalue weighted by molar-refractivity contribution is 14.1. The lowest BCUT2D eigenvalue weighted by molar-refractivity contribution is -0.114. The molecule has 2 aromatic rings. The monoisotopic (exact) mass is 414 g/mol. The molecule has 22 heavy (non-hydrogen) atoms. The van der Waals surface area contributed by atoms with Crippen LogP contribution in [-0.2, 0) is 9.59 Å². The van der Waals surface area contributed by atoms with Gasteiger partial charge in [0.15, 0.2) is 3.77 Å². The summed E-state index contributed by atoms with van der Waals surface area (Å²) in [5, 5.41) is 4.92. The summed E-state index contributed by atoms with van der Waals surface area (Å²) in [6.07, 6.45) is 2.83. The lowest BCUT2D eigenvalue weighted by atomic mass is 10.2. The van der Waals surface area contributed by atoms with E-state index in [0.717, 1.165) is 3.77 Å². The lowest BCUT2D eigenvalue weighted by Gasteiger charge is -2.07. The van der Waals surface area contributed by atoms with Gasteiger partial charge in [-0.15, -0.1) is 0 Å². The first kappa shape index (κ1) is 16.2. The highest BCUT2D eigenvalue weighted by Gasteiger charge is 2.06. The SMILES string of the molecule is CC(=O)Nc1cc(NC(=O)/C=C/c2ccc(I)o2)ccc1F. The van der Waals surface area contributed by atoms with Gasteiger partial charge < -0.3 is 15.1 Å². The van der Waals surface area contributed by atoms with E-state index in [1.165, 1.54) is 37.3 Å². The van der Waals surface area contributed by atoms with Crippen LogP contribution in [0.2, 0.25) is 0 Å². The van der Waals surface area contributed by atoms with Gasteiger partial charge in [-0.3, -0.25) is 9.59 Å². The minimum Gasteiger partial charge on any atom is -0.451 e. The maximum absolute atomic E-state index is 13.5. The van der Waals surface area contributed by atoms with Gasteiger partial charge in [-0.1, -0.05) is 0 Å². The van der Waals surface area contributed by atoms with Gasteiger partial charge in [0.25, 0.3) is 0 Å². The Balaban J connectivity index is 2.05. The maximum atomic E-state index is 13.5. The largest absolute Gasteiger partial charge is 0.451 e. The van der Waals surface area contributed by atoms with Crippen LogP contribution in [0.15, 0.2) is 40.8 Å². The van der Waals surface area contributed by atoms with Crippen molar-refractivity contribution in [3.63, 3.8) is 0 Å². The zero-order chi connectivity index (χ0) is 16.1. The number of hydrogen-bond acceptors (Lipinski definition) is 3. The van der Waals surface area contributed by atoms with E-state index in [9.17, 15) is 14.0 Å². The Hall–Kier alpha value is -2.16. The van der Waals surface area contributed by atoms with Gasteiger partial charge in [0, 0.05) is 18.7 Å². The first-order valence-electron chi connectivity index (χ1n) is 6.25. The molecule has 114 valence electrons. The number of rotatable bonds is 4. The Labute approximate surface area is 139 Å². The average Bonchev–Trinajstić information content (AvgIpc) is 2.85. The van der Waals surface area contributed by atoms with Crippen LogP contribution in [0.3, 0.4) is 0 Å². The second kappa shape index (κ2) is 7.21. The molecule has 0 atom stereocenters. The number of carbonyl (C=O) groups excluding carboxylic acids is 2. The van der Waals surface area contributed by atoms with Crippen molar-refractivity contribution < 1.29 is 18.4 Å². The van der Waals surface area contributed by atoms with Gasteiger partial charge in [0.05, 0.1) is 5.69 Å². The summed E-state index contributed by atoms with van der Waals surface area (Å²) in [6, 6.07) is 7.43. The molecule has 0 spiro atoms. The molecule has 0 saturated carbocycles. The fourth-order valence-electron chi connectivity index (χ4n) is 1.65. The first-order chi connectivity index (χ1) is 10.4. The molecule has 0 radical (unpaired) electrons. The van der Waals surface area contributed by atoms with Crippen LogP contribution in [0.4, 0.5) is 15.8 Å². The van der Waals surface area contributed by atoms with Gasteiger partial charge in [-0.05, 0) is 59.0 Å². The summed E-state index contributed by atoms with van der Waals surface area (Å²) in [6.45, 7) is 1.28. The van der Waals surface area contributed by atoms with Crippen LogP contribution in [0, 0.1) is 9.58 Å². The van der Waals surface area contributed by atoms with E-state index in [2.05, 4.69) is 10.6 Å². The number of hydrogen-bond donors (Lipinski definition) is 2. The Morgan fingerprint density at radius 2 is 2.00 bits per heavy atom. The van der Waals surface area contributed by atoms with Crippen LogP contribution < -0.4 is 10.6 Å². The van der Waals surface area contributed by atoms with E-state index in [4.69, 9.17) is 4.42 Å². The number of carbonyl (C=O) groups is 2. The molecular weight excluding hydrogens is 402 g/mol. The summed E-state index contributed by atoms with van der Waals surface area (Å²) in [7, 11) is 0. The molecule has 7 heteroatoms. The standard InChI is InChI=1S/C15H12FIN2O3/c1-9(20)18-13-8-10(2-5-12(13)16)19-15(21)7-4-11-3-6-14(17)22-11/h2-8H,1H3,(H,18,20)(H,19,21)/b7-4+. The minimum atomic E-state index is -0.575. The molecule has 5 nitrogen and oxygen atoms in total. The third-order valence-corrected chi connectivity index (χ3v) is 3.12. The molecular formula is C15H12FIN2O3. The third kappa shape index (κ3) is 4.69. The molecule has 0 aliphatic rings. The molecule has 0 fully saturated rings. The molecule has 1 heterocycles. The second-order valence-electron chi connectivity index (χ2n) is 4.34. The molecule has 2 amide bonds. The number of nitrogens with one attached hydrogen (secondary N) is 2. The summed E-state index contributed by atoms with van der Waals surface area (Å²) < 4.78 is 19.5. The molecule has 0 aliphatic carbocycles. The van der Waals surface area contributed by atoms with E-state index in [1.54, 1.807) is 12.1 Å². The van der Waals surface area contributed by atoms with Crippen LogP contribution in [0.5, 0.6) is 0 Å². The number of amides is 2. The van der Waals surface area contributed by atoms with Crippen molar-refractivity contribution in [3.8, 4) is 0 Å². The first-order valence-corrected chi connectivity index (χ1v) is 7.33. The topological polar surface area (TPSA) is 71.3 Å². The maximum Gasteiger partial charge on any atom is 0.248 e. The van der Waals surface area contributed by atoms with Gasteiger partial charge >= 0.3 is 0 Å². The highest BCUT2D eigenvalue weighted by Crippen LogP contribution is 2.19. The van der Waals surface area contributed by atoms with Gasteiger partial charge in [0.1, 0.15) is 11.6 Å². The molecule has 0 unspecified atom stereocenters. The quantitative estimate of drug-likeness (QED) is 0.593. The Morgan fingerprint density at radius 3 is 2.64 bits per heavy atom. The fourth-order valence-corrected chi connectivity index (χ4v) is 2.08. The zero-order valence-corrected chi connectivity index (χ0v) is 13.7. The smallest absolute Gasteiger partial charge is 0.248 e. The second-order valence-corrected chi connectivity index (χ2v) is 5.40. The van der Waals surface area contributed by atoms with E-state index in [1.807, 2.05) is 22.6 Å². The van der Waals surface area contributed by atoms with E-state index < -0.39 is 17.6 Å². The number of anilines is 2. The molecule has 2 rings (SSSR count). The fraction of sp³-hybridized carbons (Fsp3) is 0.0667. The van der Waals surface area contributed by atoms with Gasteiger partial charge in [-0.25, -0.2) is 4.39 Å². The van der Waals surface area contributed by atoms with Crippen molar-refractivity contribution in [1.82, 2.24) is 0 Å². The van der Waals surface area contributed by atoms with Crippen molar-refractivity contribution in [2.24, 2.45) is 0 Å². The van der Waals surface area contributed by atoms with Crippen molar-refractivity contribution in [2.45, 2.75) is 6.92 Å². The van der Waals surface area contributed by atoms with Crippen LogP contribution in [0.1, 0.15) is 12.7 Å². The van der Waals surface area contributed by atoms with Crippen LogP contribution >= 0.6 is 22.6 Å². The van der Waals surface area contributed by atoms with E-state index in [-0.39, 0.29) is 5.69 Å². The van der Waals surface area contributed by atoms with Crippen molar-refractivity contribution in [1.29, 1.82) is 0 Å². The van der Waals surface area contributed by atoms with Gasteiger partial charge in [0.2, 0.25) is 11.8 Å². The highest BCUT2D eigenvalue weighted by atomic mass is 127. The van der Waals surface area contributed by atoms with E-state index >= 15 is 0 Å². The lowest BCUT2D eigenvalue weighted by Crippen LogP contribution is -2.10. The molecule has 0 saturated heterocycles. The van der Waals surface area contributed by atoms with Crippen molar-refractivity contribution in [2.75, 3.05) is 10.6 Å².